The predicted molar refractivity (Wildman–Crippen MR) is 100.0 cm³/mol. The fraction of sp³-hybridized carbons (Fsp3) is 0.389. The first kappa shape index (κ1) is 21.0. The van der Waals surface area contributed by atoms with Crippen LogP contribution in [0.2, 0.25) is 0 Å². The van der Waals surface area contributed by atoms with Crippen molar-refractivity contribution in [1.29, 1.82) is 0 Å². The van der Waals surface area contributed by atoms with Gasteiger partial charge in [0, 0.05) is 18.8 Å². The van der Waals surface area contributed by atoms with Crippen LogP contribution in [0.25, 0.3) is 0 Å². The molecule has 0 fully saturated rings. The van der Waals surface area contributed by atoms with E-state index in [0.717, 1.165) is 18.2 Å². The molecule has 148 valence electrons. The van der Waals surface area contributed by atoms with Crippen LogP contribution < -0.4 is 10.0 Å². The Balaban J connectivity index is 2.05. The van der Waals surface area contributed by atoms with Crippen molar-refractivity contribution in [3.8, 4) is 0 Å². The molecule has 2 aromatic rings. The molecule has 1 aromatic heterocycles. The van der Waals surface area contributed by atoms with Crippen molar-refractivity contribution < 1.29 is 22.3 Å². The van der Waals surface area contributed by atoms with E-state index in [1.165, 1.54) is 18.3 Å². The molecule has 0 aliphatic carbocycles. The standard InChI is InChI=1S/C18H23F2N3O3S/c1-12(24)9-18(2,3)11-22-17-7-5-14(10-21-17)27(25,26)23-13-4-6-15(19)16(20)8-13/h4-8,10,12,23-24H,9,11H2,1-3H3,(H,21,22). The lowest BCUT2D eigenvalue weighted by atomic mass is 9.87. The Morgan fingerprint density at radius 2 is 1.89 bits per heavy atom. The molecule has 6 nitrogen and oxygen atoms in total. The average molecular weight is 399 g/mol. The molecule has 0 aliphatic rings. The zero-order valence-corrected chi connectivity index (χ0v) is 16.1. The number of nitrogens with zero attached hydrogens (tertiary/aromatic N) is 1. The molecule has 1 atom stereocenters. The fourth-order valence-electron chi connectivity index (χ4n) is 2.62. The van der Waals surface area contributed by atoms with Crippen molar-refractivity contribution in [2.24, 2.45) is 5.41 Å². The predicted octanol–water partition coefficient (Wildman–Crippen LogP) is 3.37. The number of aliphatic hydroxyl groups is 1. The molecular formula is C18H23F2N3O3S. The van der Waals surface area contributed by atoms with Crippen LogP contribution in [0.5, 0.6) is 0 Å². The lowest BCUT2D eigenvalue weighted by molar-refractivity contribution is 0.135. The highest BCUT2D eigenvalue weighted by Crippen LogP contribution is 2.23. The van der Waals surface area contributed by atoms with Crippen LogP contribution in [0.15, 0.2) is 41.4 Å². The van der Waals surface area contributed by atoms with E-state index >= 15 is 0 Å². The van der Waals surface area contributed by atoms with Gasteiger partial charge in [-0.05, 0) is 43.0 Å². The van der Waals surface area contributed by atoms with Crippen LogP contribution in [0.4, 0.5) is 20.3 Å². The van der Waals surface area contributed by atoms with Crippen LogP contribution in [0.3, 0.4) is 0 Å². The molecular weight excluding hydrogens is 376 g/mol. The number of aromatic nitrogens is 1. The van der Waals surface area contributed by atoms with E-state index in [-0.39, 0.29) is 16.0 Å². The molecule has 2 rings (SSSR count). The van der Waals surface area contributed by atoms with Gasteiger partial charge in [0.25, 0.3) is 10.0 Å². The highest BCUT2D eigenvalue weighted by molar-refractivity contribution is 7.92. The smallest absolute Gasteiger partial charge is 0.263 e. The number of anilines is 2. The van der Waals surface area contributed by atoms with E-state index < -0.39 is 27.8 Å². The number of halogens is 2. The summed E-state index contributed by atoms with van der Waals surface area (Å²) in [6, 6.07) is 5.61. The number of hydrogen-bond acceptors (Lipinski definition) is 5. The first-order valence-electron chi connectivity index (χ1n) is 8.34. The van der Waals surface area contributed by atoms with E-state index in [1.54, 1.807) is 6.92 Å². The minimum absolute atomic E-state index is 0.0871. The van der Waals surface area contributed by atoms with E-state index in [2.05, 4.69) is 15.0 Å². The van der Waals surface area contributed by atoms with Gasteiger partial charge in [0.1, 0.15) is 10.7 Å². The Hall–Kier alpha value is -2.26. The lowest BCUT2D eigenvalue weighted by Gasteiger charge is -2.26. The summed E-state index contributed by atoms with van der Waals surface area (Å²) in [5, 5.41) is 12.6. The third-order valence-corrected chi connectivity index (χ3v) is 5.18. The van der Waals surface area contributed by atoms with Gasteiger partial charge in [-0.3, -0.25) is 4.72 Å². The van der Waals surface area contributed by atoms with Gasteiger partial charge in [-0.1, -0.05) is 13.8 Å². The maximum Gasteiger partial charge on any atom is 0.263 e. The van der Waals surface area contributed by atoms with Crippen LogP contribution in [0.1, 0.15) is 27.2 Å². The van der Waals surface area contributed by atoms with Gasteiger partial charge in [-0.2, -0.15) is 0 Å². The van der Waals surface area contributed by atoms with Crippen molar-refractivity contribution in [2.45, 2.75) is 38.2 Å². The quantitative estimate of drug-likeness (QED) is 0.633. The zero-order chi connectivity index (χ0) is 20.2. The summed E-state index contributed by atoms with van der Waals surface area (Å²) >= 11 is 0. The molecule has 0 bridgehead atoms. The maximum atomic E-state index is 13.2. The Kier molecular flexibility index (Phi) is 6.38. The van der Waals surface area contributed by atoms with Crippen LogP contribution in [-0.4, -0.2) is 31.2 Å². The van der Waals surface area contributed by atoms with E-state index in [1.807, 2.05) is 13.8 Å². The van der Waals surface area contributed by atoms with Crippen molar-refractivity contribution in [3.05, 3.63) is 48.2 Å². The molecule has 0 radical (unpaired) electrons. The normalized spacial score (nSPS) is 13.3. The Morgan fingerprint density at radius 3 is 2.44 bits per heavy atom. The van der Waals surface area contributed by atoms with Gasteiger partial charge >= 0.3 is 0 Å². The Labute approximate surface area is 157 Å². The zero-order valence-electron chi connectivity index (χ0n) is 15.3. The molecule has 3 N–H and O–H groups in total. The summed E-state index contributed by atoms with van der Waals surface area (Å²) in [7, 11) is -3.98. The number of nitrogens with one attached hydrogen (secondary N) is 2. The number of rotatable bonds is 8. The SMILES string of the molecule is CC(O)CC(C)(C)CNc1ccc(S(=O)(=O)Nc2ccc(F)c(F)c2)cn1. The van der Waals surface area contributed by atoms with Gasteiger partial charge in [0.15, 0.2) is 11.6 Å². The monoisotopic (exact) mass is 399 g/mol. The molecule has 0 saturated carbocycles. The summed E-state index contributed by atoms with van der Waals surface area (Å²) in [5.41, 5.74) is -0.259. The fourth-order valence-corrected chi connectivity index (χ4v) is 3.61. The largest absolute Gasteiger partial charge is 0.393 e. The van der Waals surface area contributed by atoms with Gasteiger partial charge in [-0.15, -0.1) is 0 Å². The molecule has 1 unspecified atom stereocenters. The Morgan fingerprint density at radius 1 is 1.19 bits per heavy atom. The number of aliphatic hydroxyl groups excluding tert-OH is 1. The molecule has 1 aromatic carbocycles. The molecule has 1 heterocycles. The highest BCUT2D eigenvalue weighted by atomic mass is 32.2. The summed E-state index contributed by atoms with van der Waals surface area (Å²) in [6.07, 6.45) is 1.35. The van der Waals surface area contributed by atoms with Crippen molar-refractivity contribution in [3.63, 3.8) is 0 Å². The number of pyridine rings is 1. The Bertz CT molecular complexity index is 885. The number of hydrogen-bond donors (Lipinski definition) is 3. The van der Waals surface area contributed by atoms with Crippen LogP contribution in [-0.2, 0) is 10.0 Å². The summed E-state index contributed by atoms with van der Waals surface area (Å²) in [5.74, 6) is -1.72. The highest BCUT2D eigenvalue weighted by Gasteiger charge is 2.21. The molecule has 9 heteroatoms. The van der Waals surface area contributed by atoms with E-state index in [4.69, 9.17) is 0 Å². The molecule has 27 heavy (non-hydrogen) atoms. The van der Waals surface area contributed by atoms with Crippen LogP contribution in [0, 0.1) is 17.0 Å². The first-order valence-corrected chi connectivity index (χ1v) is 9.83. The van der Waals surface area contributed by atoms with Crippen molar-refractivity contribution >= 4 is 21.5 Å². The second kappa shape index (κ2) is 8.18. The summed E-state index contributed by atoms with van der Waals surface area (Å²) in [4.78, 5) is 3.96. The van der Waals surface area contributed by atoms with E-state index in [9.17, 15) is 22.3 Å². The van der Waals surface area contributed by atoms with Gasteiger partial charge < -0.3 is 10.4 Å². The summed E-state index contributed by atoms with van der Waals surface area (Å²) in [6.45, 7) is 6.26. The third kappa shape index (κ3) is 6.14. The molecule has 0 amide bonds. The second-order valence-corrected chi connectivity index (χ2v) is 8.87. The van der Waals surface area contributed by atoms with Gasteiger partial charge in [-0.25, -0.2) is 22.2 Å². The van der Waals surface area contributed by atoms with E-state index in [0.29, 0.717) is 18.8 Å². The maximum absolute atomic E-state index is 13.2. The first-order chi connectivity index (χ1) is 12.5. The minimum Gasteiger partial charge on any atom is -0.393 e. The second-order valence-electron chi connectivity index (χ2n) is 7.18. The number of benzene rings is 1. The topological polar surface area (TPSA) is 91.3 Å². The van der Waals surface area contributed by atoms with Crippen molar-refractivity contribution in [1.82, 2.24) is 4.98 Å². The van der Waals surface area contributed by atoms with Gasteiger partial charge in [0.05, 0.1) is 11.8 Å². The van der Waals surface area contributed by atoms with Crippen molar-refractivity contribution in [2.75, 3.05) is 16.6 Å². The summed E-state index contributed by atoms with van der Waals surface area (Å²) < 4.78 is 53.0. The van der Waals surface area contributed by atoms with Gasteiger partial charge in [0.2, 0.25) is 0 Å². The minimum atomic E-state index is -3.98. The number of sulfonamides is 1. The molecule has 0 spiro atoms. The average Bonchev–Trinajstić information content (AvgIpc) is 2.55. The van der Waals surface area contributed by atoms with Crippen LogP contribution >= 0.6 is 0 Å². The lowest BCUT2D eigenvalue weighted by Crippen LogP contribution is -2.27. The molecule has 0 aliphatic heterocycles. The molecule has 0 saturated heterocycles. The third-order valence-electron chi connectivity index (χ3n) is 3.81.